The highest BCUT2D eigenvalue weighted by molar-refractivity contribution is 6.35. The van der Waals surface area contributed by atoms with Crippen LogP contribution in [-0.4, -0.2) is 19.3 Å². The quantitative estimate of drug-likeness (QED) is 0.853. The van der Waals surface area contributed by atoms with E-state index in [1.807, 2.05) is 6.92 Å². The van der Waals surface area contributed by atoms with E-state index >= 15 is 0 Å². The fourth-order valence-electron chi connectivity index (χ4n) is 1.98. The molecule has 0 spiro atoms. The molecule has 17 heavy (non-hydrogen) atoms. The Morgan fingerprint density at radius 3 is 2.82 bits per heavy atom. The van der Waals surface area contributed by atoms with E-state index in [1.165, 1.54) is 12.1 Å². The Hall–Kier alpha value is -0.350. The first-order valence-corrected chi connectivity index (χ1v) is 6.31. The largest absolute Gasteiger partial charge is 0.380 e. The monoisotopic (exact) mass is 277 g/mol. The molecule has 2 atom stereocenters. The maximum atomic E-state index is 13.4. The van der Waals surface area contributed by atoms with E-state index in [9.17, 15) is 4.39 Å². The van der Waals surface area contributed by atoms with Crippen LogP contribution in [0.2, 0.25) is 10.0 Å². The fraction of sp³-hybridized carbons (Fsp3) is 0.500. The van der Waals surface area contributed by atoms with Gasteiger partial charge in [-0.15, -0.1) is 0 Å². The smallest absolute Gasteiger partial charge is 0.142 e. The molecule has 1 aliphatic heterocycles. The van der Waals surface area contributed by atoms with Gasteiger partial charge >= 0.3 is 0 Å². The molecule has 2 nitrogen and oxygen atoms in total. The predicted molar refractivity (Wildman–Crippen MR) is 67.2 cm³/mol. The van der Waals surface area contributed by atoms with Crippen molar-refractivity contribution in [2.75, 3.05) is 13.2 Å². The SMILES string of the molecule is CC(NC1CCOC1)c1cc(F)c(Cl)cc1Cl. The third kappa shape index (κ3) is 3.10. The van der Waals surface area contributed by atoms with Crippen LogP contribution >= 0.6 is 23.2 Å². The lowest BCUT2D eigenvalue weighted by molar-refractivity contribution is 0.188. The van der Waals surface area contributed by atoms with Gasteiger partial charge in [-0.2, -0.15) is 0 Å². The number of hydrogen-bond acceptors (Lipinski definition) is 2. The fourth-order valence-corrected chi connectivity index (χ4v) is 2.53. The average molecular weight is 278 g/mol. The number of rotatable bonds is 3. The molecular weight excluding hydrogens is 264 g/mol. The molecule has 1 aromatic carbocycles. The summed E-state index contributed by atoms with van der Waals surface area (Å²) >= 11 is 11.7. The lowest BCUT2D eigenvalue weighted by atomic mass is 10.1. The molecule has 94 valence electrons. The molecule has 2 rings (SSSR count). The second-order valence-electron chi connectivity index (χ2n) is 4.24. The van der Waals surface area contributed by atoms with Crippen molar-refractivity contribution in [1.29, 1.82) is 0 Å². The maximum Gasteiger partial charge on any atom is 0.142 e. The van der Waals surface area contributed by atoms with Crippen LogP contribution in [0.5, 0.6) is 0 Å². The van der Waals surface area contributed by atoms with Gasteiger partial charge in [-0.3, -0.25) is 0 Å². The Kier molecular flexibility index (Phi) is 4.26. The molecule has 0 amide bonds. The lowest BCUT2D eigenvalue weighted by Gasteiger charge is -2.20. The summed E-state index contributed by atoms with van der Waals surface area (Å²) in [6.45, 7) is 3.41. The van der Waals surface area contributed by atoms with Crippen molar-refractivity contribution in [3.63, 3.8) is 0 Å². The van der Waals surface area contributed by atoms with Crippen LogP contribution in [0.25, 0.3) is 0 Å². The molecule has 1 saturated heterocycles. The molecule has 1 aromatic rings. The number of ether oxygens (including phenoxy) is 1. The minimum absolute atomic E-state index is 0.0269. The molecule has 1 N–H and O–H groups in total. The van der Waals surface area contributed by atoms with Crippen LogP contribution in [0.4, 0.5) is 4.39 Å². The van der Waals surface area contributed by atoms with Crippen molar-refractivity contribution >= 4 is 23.2 Å². The molecule has 1 aliphatic rings. The molecule has 5 heteroatoms. The zero-order valence-electron chi connectivity index (χ0n) is 9.47. The van der Waals surface area contributed by atoms with Crippen LogP contribution in [-0.2, 0) is 4.74 Å². The summed E-state index contributed by atoms with van der Waals surface area (Å²) in [7, 11) is 0. The second kappa shape index (κ2) is 5.53. The normalized spacial score (nSPS) is 21.8. The number of hydrogen-bond donors (Lipinski definition) is 1. The Morgan fingerprint density at radius 2 is 2.18 bits per heavy atom. The van der Waals surface area contributed by atoms with Crippen LogP contribution in [0.3, 0.4) is 0 Å². The van der Waals surface area contributed by atoms with E-state index in [0.29, 0.717) is 17.7 Å². The average Bonchev–Trinajstić information content (AvgIpc) is 2.76. The van der Waals surface area contributed by atoms with Crippen LogP contribution < -0.4 is 5.32 Å². The second-order valence-corrected chi connectivity index (χ2v) is 5.05. The summed E-state index contributed by atoms with van der Waals surface area (Å²) < 4.78 is 18.7. The Balaban J connectivity index is 2.12. The van der Waals surface area contributed by atoms with E-state index in [-0.39, 0.29) is 11.1 Å². The lowest BCUT2D eigenvalue weighted by Crippen LogP contribution is -2.31. The molecule has 1 fully saturated rings. The molecule has 0 bridgehead atoms. The van der Waals surface area contributed by atoms with Gasteiger partial charge < -0.3 is 10.1 Å². The third-order valence-corrected chi connectivity index (χ3v) is 3.54. The summed E-state index contributed by atoms with van der Waals surface area (Å²) in [5, 5.41) is 3.90. The Labute approximate surface area is 110 Å². The minimum atomic E-state index is -0.442. The van der Waals surface area contributed by atoms with Crippen molar-refractivity contribution in [3.05, 3.63) is 33.6 Å². The van der Waals surface area contributed by atoms with Gasteiger partial charge in [0, 0.05) is 23.7 Å². The van der Waals surface area contributed by atoms with Gasteiger partial charge in [-0.05, 0) is 31.0 Å². The molecule has 0 saturated carbocycles. The summed E-state index contributed by atoms with van der Waals surface area (Å²) in [5.41, 5.74) is 0.723. The van der Waals surface area contributed by atoms with E-state index < -0.39 is 5.82 Å². The van der Waals surface area contributed by atoms with Gasteiger partial charge in [0.2, 0.25) is 0 Å². The number of nitrogens with one attached hydrogen (secondary N) is 1. The molecule has 0 radical (unpaired) electrons. The van der Waals surface area contributed by atoms with Gasteiger partial charge in [0.1, 0.15) is 5.82 Å². The Morgan fingerprint density at radius 1 is 1.41 bits per heavy atom. The third-order valence-electron chi connectivity index (χ3n) is 2.92. The molecular formula is C12H14Cl2FNO. The van der Waals surface area contributed by atoms with Gasteiger partial charge in [-0.25, -0.2) is 4.39 Å². The topological polar surface area (TPSA) is 21.3 Å². The van der Waals surface area contributed by atoms with Gasteiger partial charge in [-0.1, -0.05) is 23.2 Å². The molecule has 0 aliphatic carbocycles. The van der Waals surface area contributed by atoms with Crippen molar-refractivity contribution in [2.24, 2.45) is 0 Å². The van der Waals surface area contributed by atoms with Crippen molar-refractivity contribution in [1.82, 2.24) is 5.32 Å². The highest BCUT2D eigenvalue weighted by Gasteiger charge is 2.20. The Bertz CT molecular complexity index is 408. The summed E-state index contributed by atoms with van der Waals surface area (Å²) in [5.74, 6) is -0.442. The van der Waals surface area contributed by atoms with Crippen molar-refractivity contribution in [2.45, 2.75) is 25.4 Å². The number of halogens is 3. The summed E-state index contributed by atoms with van der Waals surface area (Å²) in [6.07, 6.45) is 0.970. The summed E-state index contributed by atoms with van der Waals surface area (Å²) in [4.78, 5) is 0. The van der Waals surface area contributed by atoms with Crippen molar-refractivity contribution < 1.29 is 9.13 Å². The molecule has 1 heterocycles. The van der Waals surface area contributed by atoms with Crippen LogP contribution in [0, 0.1) is 5.82 Å². The van der Waals surface area contributed by atoms with E-state index in [4.69, 9.17) is 27.9 Å². The number of benzene rings is 1. The van der Waals surface area contributed by atoms with E-state index in [2.05, 4.69) is 5.32 Å². The van der Waals surface area contributed by atoms with Crippen LogP contribution in [0.1, 0.15) is 24.9 Å². The standard InChI is InChI=1S/C12H14Cl2FNO/c1-7(16-8-2-3-17-6-8)9-4-12(15)11(14)5-10(9)13/h4-5,7-8,16H,2-3,6H2,1H3. The molecule has 0 aromatic heterocycles. The zero-order valence-corrected chi connectivity index (χ0v) is 11.0. The van der Waals surface area contributed by atoms with Gasteiger partial charge in [0.15, 0.2) is 0 Å². The zero-order chi connectivity index (χ0) is 12.4. The highest BCUT2D eigenvalue weighted by Crippen LogP contribution is 2.29. The predicted octanol–water partition coefficient (Wildman–Crippen LogP) is 3.57. The molecule has 2 unspecified atom stereocenters. The maximum absolute atomic E-state index is 13.4. The van der Waals surface area contributed by atoms with E-state index in [1.54, 1.807) is 0 Å². The van der Waals surface area contributed by atoms with Gasteiger partial charge in [0.25, 0.3) is 0 Å². The van der Waals surface area contributed by atoms with Gasteiger partial charge in [0.05, 0.1) is 11.6 Å². The summed E-state index contributed by atoms with van der Waals surface area (Å²) in [6, 6.07) is 3.11. The first-order valence-electron chi connectivity index (χ1n) is 5.56. The van der Waals surface area contributed by atoms with Crippen LogP contribution in [0.15, 0.2) is 12.1 Å². The highest BCUT2D eigenvalue weighted by atomic mass is 35.5. The minimum Gasteiger partial charge on any atom is -0.380 e. The first-order chi connectivity index (χ1) is 8.08. The van der Waals surface area contributed by atoms with Crippen molar-refractivity contribution in [3.8, 4) is 0 Å². The first kappa shape index (κ1) is 13.1. The van der Waals surface area contributed by atoms with E-state index in [0.717, 1.165) is 18.6 Å².